The quantitative estimate of drug-likeness (QED) is 0.393. The molecule has 0 atom stereocenters. The molecule has 0 rings (SSSR count). The van der Waals surface area contributed by atoms with Crippen LogP contribution in [0.15, 0.2) is 0 Å². The van der Waals surface area contributed by atoms with E-state index in [0.29, 0.717) is 0 Å². The third kappa shape index (κ3) is 7.81. The maximum Gasteiger partial charge on any atom is 0.207 e. The summed E-state index contributed by atoms with van der Waals surface area (Å²) in [6, 6.07) is 0. The van der Waals surface area contributed by atoms with E-state index in [-0.39, 0.29) is 0 Å². The van der Waals surface area contributed by atoms with Gasteiger partial charge in [0, 0.05) is 10.7 Å². The first-order valence-corrected chi connectivity index (χ1v) is 5.18. The molecule has 0 aromatic carbocycles. The van der Waals surface area contributed by atoms with Crippen molar-refractivity contribution in [1.29, 1.82) is 0 Å². The molecule has 1 amide bonds. The third-order valence-corrected chi connectivity index (χ3v) is 2.63. The summed E-state index contributed by atoms with van der Waals surface area (Å²) in [5.74, 6) is 0. The summed E-state index contributed by atoms with van der Waals surface area (Å²) >= 11 is 6.64. The van der Waals surface area contributed by atoms with Gasteiger partial charge in [-0.1, -0.05) is 12.2 Å². The van der Waals surface area contributed by atoms with Crippen LogP contribution in [0.3, 0.4) is 0 Å². The largest absolute Gasteiger partial charge is 0.359 e. The Morgan fingerprint density at radius 2 is 2.36 bits per heavy atom. The van der Waals surface area contributed by atoms with Crippen molar-refractivity contribution in [2.75, 3.05) is 12.8 Å². The lowest BCUT2D eigenvalue weighted by molar-refractivity contribution is -0.109. The van der Waals surface area contributed by atoms with Crippen molar-refractivity contribution in [3.63, 3.8) is 0 Å². The van der Waals surface area contributed by atoms with Gasteiger partial charge in [0.1, 0.15) is 0 Å². The molecule has 0 aromatic rings. The summed E-state index contributed by atoms with van der Waals surface area (Å²) in [7, 11) is 0. The van der Waals surface area contributed by atoms with E-state index < -0.39 is 0 Å². The molecule has 0 radical (unpaired) electrons. The summed E-state index contributed by atoms with van der Waals surface area (Å²) in [4.78, 5) is 9.82. The average Bonchev–Trinajstić information content (AvgIpc) is 2.04. The van der Waals surface area contributed by atoms with E-state index in [1.807, 2.05) is 6.26 Å². The first-order valence-electron chi connectivity index (χ1n) is 3.55. The Morgan fingerprint density at radius 3 is 2.91 bits per heavy atom. The summed E-state index contributed by atoms with van der Waals surface area (Å²) in [6.07, 6.45) is 5.79. The molecule has 64 valence electrons. The van der Waals surface area contributed by atoms with Gasteiger partial charge in [0.15, 0.2) is 0 Å². The molecule has 0 aromatic heterocycles. The van der Waals surface area contributed by atoms with Crippen LogP contribution in [0.5, 0.6) is 0 Å². The van der Waals surface area contributed by atoms with Gasteiger partial charge in [-0.15, -0.1) is 11.8 Å². The number of rotatable bonds is 6. The second kappa shape index (κ2) is 8.01. The van der Waals surface area contributed by atoms with E-state index in [0.717, 1.165) is 36.4 Å². The first-order chi connectivity index (χ1) is 5.31. The molecule has 0 unspecified atom stereocenters. The monoisotopic (exact) mass is 191 g/mol. The van der Waals surface area contributed by atoms with Crippen molar-refractivity contribution >= 4 is 34.6 Å². The molecule has 0 fully saturated rings. The lowest BCUT2D eigenvalue weighted by atomic mass is 10.2. The van der Waals surface area contributed by atoms with Gasteiger partial charge in [-0.3, -0.25) is 4.79 Å². The second-order valence-electron chi connectivity index (χ2n) is 2.11. The lowest BCUT2D eigenvalue weighted by Crippen LogP contribution is -2.11. The molecule has 0 aliphatic heterocycles. The number of amides is 1. The normalized spacial score (nSPS) is 9.18. The van der Waals surface area contributed by atoms with E-state index in [4.69, 9.17) is 12.2 Å². The van der Waals surface area contributed by atoms with Gasteiger partial charge in [0.25, 0.3) is 0 Å². The highest BCUT2D eigenvalue weighted by Crippen LogP contribution is 2.06. The summed E-state index contributed by atoms with van der Waals surface area (Å²) < 4.78 is 1.05. The molecule has 0 saturated carbocycles. The third-order valence-electron chi connectivity index (χ3n) is 1.26. The maximum atomic E-state index is 9.82. The van der Waals surface area contributed by atoms with Crippen molar-refractivity contribution < 1.29 is 4.79 Å². The Morgan fingerprint density at radius 1 is 1.64 bits per heavy atom. The highest BCUT2D eigenvalue weighted by molar-refractivity contribution is 8.22. The molecular formula is C7H13NOS2. The van der Waals surface area contributed by atoms with Crippen LogP contribution in [-0.4, -0.2) is 23.4 Å². The smallest absolute Gasteiger partial charge is 0.207 e. The van der Waals surface area contributed by atoms with Crippen LogP contribution in [0, 0.1) is 0 Å². The van der Waals surface area contributed by atoms with Gasteiger partial charge in [-0.25, -0.2) is 0 Å². The lowest BCUT2D eigenvalue weighted by Gasteiger charge is -1.99. The number of thiocarbonyl (C=S) groups is 1. The van der Waals surface area contributed by atoms with Crippen LogP contribution in [0.2, 0.25) is 0 Å². The van der Waals surface area contributed by atoms with Crippen molar-refractivity contribution in [1.82, 2.24) is 5.32 Å². The zero-order valence-electron chi connectivity index (χ0n) is 6.63. The topological polar surface area (TPSA) is 29.1 Å². The van der Waals surface area contributed by atoms with Crippen LogP contribution in [0.1, 0.15) is 19.3 Å². The number of hydrogen-bond acceptors (Lipinski definition) is 3. The zero-order valence-corrected chi connectivity index (χ0v) is 8.26. The molecule has 4 heteroatoms. The minimum atomic E-state index is 0.729. The molecule has 0 aliphatic carbocycles. The molecule has 0 heterocycles. The van der Waals surface area contributed by atoms with Crippen molar-refractivity contribution in [3.8, 4) is 0 Å². The highest BCUT2D eigenvalue weighted by Gasteiger charge is 1.93. The first kappa shape index (κ1) is 10.9. The summed E-state index contributed by atoms with van der Waals surface area (Å²) in [5.41, 5.74) is 0. The van der Waals surface area contributed by atoms with E-state index in [2.05, 4.69) is 5.32 Å². The van der Waals surface area contributed by atoms with Crippen LogP contribution < -0.4 is 5.32 Å². The van der Waals surface area contributed by atoms with Gasteiger partial charge < -0.3 is 5.32 Å². The number of carbonyl (C=O) groups is 1. The average molecular weight is 191 g/mol. The number of nitrogens with one attached hydrogen (secondary N) is 1. The van der Waals surface area contributed by atoms with Crippen molar-refractivity contribution in [3.05, 3.63) is 0 Å². The van der Waals surface area contributed by atoms with Gasteiger partial charge in [-0.2, -0.15) is 0 Å². The van der Waals surface area contributed by atoms with Gasteiger partial charge in [0.2, 0.25) is 6.41 Å². The van der Waals surface area contributed by atoms with Gasteiger partial charge >= 0.3 is 0 Å². The van der Waals surface area contributed by atoms with Crippen LogP contribution in [0.25, 0.3) is 0 Å². The molecule has 0 aliphatic rings. The van der Waals surface area contributed by atoms with Gasteiger partial charge in [0.05, 0.1) is 0 Å². The van der Waals surface area contributed by atoms with E-state index in [1.165, 1.54) is 0 Å². The molecule has 0 saturated heterocycles. The minimum absolute atomic E-state index is 0.729. The molecule has 1 N–H and O–H groups in total. The Balaban J connectivity index is 3.01. The van der Waals surface area contributed by atoms with Gasteiger partial charge in [-0.05, 0) is 25.5 Å². The van der Waals surface area contributed by atoms with Crippen LogP contribution in [0.4, 0.5) is 0 Å². The fourth-order valence-electron chi connectivity index (χ4n) is 0.657. The fourth-order valence-corrected chi connectivity index (χ4v) is 1.15. The standard InChI is InChI=1S/C7H13NOS2/c1-11-7(10)4-2-3-5-8-6-9/h6H,2-5H2,1H3,(H,8,9). The number of carbonyl (C=O) groups excluding carboxylic acids is 1. The molecule has 0 spiro atoms. The fraction of sp³-hybridized carbons (Fsp3) is 0.714. The van der Waals surface area contributed by atoms with Crippen molar-refractivity contribution in [2.24, 2.45) is 0 Å². The molecule has 0 bridgehead atoms. The highest BCUT2D eigenvalue weighted by atomic mass is 32.2. The number of thioether (sulfide) groups is 1. The predicted molar refractivity (Wildman–Crippen MR) is 54.0 cm³/mol. The SMILES string of the molecule is CSC(=S)CCCCNC=O. The Labute approximate surface area is 77.1 Å². The summed E-state index contributed by atoms with van der Waals surface area (Å²) in [6.45, 7) is 0.764. The zero-order chi connectivity index (χ0) is 8.53. The number of unbranched alkanes of at least 4 members (excludes halogenated alkanes) is 1. The molecular weight excluding hydrogens is 178 g/mol. The molecule has 11 heavy (non-hydrogen) atoms. The van der Waals surface area contributed by atoms with E-state index in [1.54, 1.807) is 11.8 Å². The van der Waals surface area contributed by atoms with Crippen molar-refractivity contribution in [2.45, 2.75) is 19.3 Å². The van der Waals surface area contributed by atoms with Crippen LogP contribution >= 0.6 is 24.0 Å². The number of hydrogen-bond donors (Lipinski definition) is 1. The molecule has 2 nitrogen and oxygen atoms in total. The Bertz CT molecular complexity index is 128. The second-order valence-corrected chi connectivity index (χ2v) is 3.76. The predicted octanol–water partition coefficient (Wildman–Crippen LogP) is 1.59. The maximum absolute atomic E-state index is 9.82. The minimum Gasteiger partial charge on any atom is -0.359 e. The van der Waals surface area contributed by atoms with E-state index >= 15 is 0 Å². The Kier molecular flexibility index (Phi) is 7.95. The Hall–Kier alpha value is -0.0900. The van der Waals surface area contributed by atoms with Crippen LogP contribution in [-0.2, 0) is 4.79 Å². The van der Waals surface area contributed by atoms with E-state index in [9.17, 15) is 4.79 Å². The summed E-state index contributed by atoms with van der Waals surface area (Å²) in [5, 5.41) is 2.61.